The molecule has 1 aromatic carbocycles. The molecule has 0 unspecified atom stereocenters. The Morgan fingerprint density at radius 1 is 1.36 bits per heavy atom. The van der Waals surface area contributed by atoms with Gasteiger partial charge in [0.05, 0.1) is 4.92 Å². The summed E-state index contributed by atoms with van der Waals surface area (Å²) in [7, 11) is 0. The van der Waals surface area contributed by atoms with Crippen LogP contribution in [0.25, 0.3) is 11.4 Å². The molecule has 10 nitrogen and oxygen atoms in total. The molecule has 3 rings (SSSR count). The van der Waals surface area contributed by atoms with Crippen LogP contribution in [0.5, 0.6) is 11.5 Å². The van der Waals surface area contributed by atoms with E-state index in [4.69, 9.17) is 9.26 Å². The molecule has 132 valence electrons. The van der Waals surface area contributed by atoms with E-state index in [1.807, 2.05) is 0 Å². The highest BCUT2D eigenvalue weighted by Crippen LogP contribution is 2.43. The number of benzene rings is 1. The predicted octanol–water partition coefficient (Wildman–Crippen LogP) is 2.15. The topological polar surface area (TPSA) is 149 Å². The van der Waals surface area contributed by atoms with Crippen molar-refractivity contribution in [2.24, 2.45) is 0 Å². The molecule has 0 spiro atoms. The molecule has 2 aromatic rings. The SMILES string of the molecule is CC(=O)c1c(-c2noc(C3CCOCC3)n2)cc(O)c(O)c1[N+](=O)[O-]. The number of rotatable bonds is 4. The minimum Gasteiger partial charge on any atom is -0.504 e. The van der Waals surface area contributed by atoms with E-state index >= 15 is 0 Å². The molecule has 0 radical (unpaired) electrons. The van der Waals surface area contributed by atoms with Crippen LogP contribution in [0.4, 0.5) is 5.69 Å². The molecule has 10 heteroatoms. The van der Waals surface area contributed by atoms with Crippen molar-refractivity contribution in [2.75, 3.05) is 13.2 Å². The largest absolute Gasteiger partial charge is 0.504 e. The highest BCUT2D eigenvalue weighted by molar-refractivity contribution is 6.05. The van der Waals surface area contributed by atoms with Crippen LogP contribution >= 0.6 is 0 Å². The summed E-state index contributed by atoms with van der Waals surface area (Å²) >= 11 is 0. The number of aromatic hydroxyl groups is 2. The highest BCUT2D eigenvalue weighted by atomic mass is 16.6. The van der Waals surface area contributed by atoms with Gasteiger partial charge in [0.25, 0.3) is 0 Å². The normalized spacial score (nSPS) is 15.2. The van der Waals surface area contributed by atoms with E-state index in [1.165, 1.54) is 0 Å². The van der Waals surface area contributed by atoms with Gasteiger partial charge in [-0.05, 0) is 25.8 Å². The van der Waals surface area contributed by atoms with Crippen LogP contribution in [-0.2, 0) is 4.74 Å². The maximum atomic E-state index is 11.9. The van der Waals surface area contributed by atoms with Crippen molar-refractivity contribution < 1.29 is 29.2 Å². The number of phenols is 2. The Kier molecular flexibility index (Phi) is 4.36. The fraction of sp³-hybridized carbons (Fsp3) is 0.400. The Morgan fingerprint density at radius 2 is 2.04 bits per heavy atom. The monoisotopic (exact) mass is 349 g/mol. The van der Waals surface area contributed by atoms with Gasteiger partial charge >= 0.3 is 5.69 Å². The van der Waals surface area contributed by atoms with E-state index in [1.54, 1.807) is 0 Å². The summed E-state index contributed by atoms with van der Waals surface area (Å²) in [6.07, 6.45) is 1.39. The summed E-state index contributed by atoms with van der Waals surface area (Å²) in [6, 6.07) is 1.01. The number of carbonyl (C=O) groups excluding carboxylic acids is 1. The van der Waals surface area contributed by atoms with Crippen molar-refractivity contribution in [2.45, 2.75) is 25.7 Å². The molecule has 1 saturated heterocycles. The quantitative estimate of drug-likeness (QED) is 0.366. The second-order valence-electron chi connectivity index (χ2n) is 5.67. The average Bonchev–Trinajstić information content (AvgIpc) is 3.07. The first-order valence-electron chi connectivity index (χ1n) is 7.56. The van der Waals surface area contributed by atoms with Gasteiger partial charge in [0.2, 0.25) is 17.5 Å². The third kappa shape index (κ3) is 3.03. The molecule has 25 heavy (non-hydrogen) atoms. The zero-order valence-corrected chi connectivity index (χ0v) is 13.3. The van der Waals surface area contributed by atoms with Crippen molar-refractivity contribution in [1.29, 1.82) is 0 Å². The number of ketones is 1. The fourth-order valence-electron chi connectivity index (χ4n) is 2.81. The number of carbonyl (C=O) groups is 1. The van der Waals surface area contributed by atoms with Crippen molar-refractivity contribution in [3.05, 3.63) is 27.6 Å². The number of hydrogen-bond acceptors (Lipinski definition) is 9. The lowest BCUT2D eigenvalue weighted by Gasteiger charge is -2.17. The summed E-state index contributed by atoms with van der Waals surface area (Å²) < 4.78 is 10.5. The van der Waals surface area contributed by atoms with Gasteiger partial charge in [0.15, 0.2) is 11.5 Å². The molecule has 1 aromatic heterocycles. The molecular weight excluding hydrogens is 334 g/mol. The Balaban J connectivity index is 2.12. The van der Waals surface area contributed by atoms with E-state index in [0.29, 0.717) is 31.9 Å². The van der Waals surface area contributed by atoms with Gasteiger partial charge in [-0.1, -0.05) is 5.16 Å². The summed E-state index contributed by atoms with van der Waals surface area (Å²) in [5, 5.41) is 34.6. The summed E-state index contributed by atoms with van der Waals surface area (Å²) in [6.45, 7) is 2.24. The van der Waals surface area contributed by atoms with Crippen molar-refractivity contribution >= 4 is 11.5 Å². The maximum Gasteiger partial charge on any atom is 0.326 e. The molecule has 2 N–H and O–H groups in total. The molecule has 0 saturated carbocycles. The smallest absolute Gasteiger partial charge is 0.326 e. The minimum atomic E-state index is -0.980. The molecule has 0 aliphatic carbocycles. The fourth-order valence-corrected chi connectivity index (χ4v) is 2.81. The highest BCUT2D eigenvalue weighted by Gasteiger charge is 2.32. The number of nitro groups is 1. The number of aromatic nitrogens is 2. The Bertz CT molecular complexity index is 840. The summed E-state index contributed by atoms with van der Waals surface area (Å²) in [5.41, 5.74) is -1.35. The van der Waals surface area contributed by atoms with Gasteiger partial charge in [-0.15, -0.1) is 0 Å². The van der Waals surface area contributed by atoms with Crippen LogP contribution < -0.4 is 0 Å². The zero-order chi connectivity index (χ0) is 18.1. The lowest BCUT2D eigenvalue weighted by molar-refractivity contribution is -0.386. The van der Waals surface area contributed by atoms with Crippen LogP contribution in [0.15, 0.2) is 10.6 Å². The van der Waals surface area contributed by atoms with Crippen molar-refractivity contribution in [3.63, 3.8) is 0 Å². The maximum absolute atomic E-state index is 11.9. The third-order valence-corrected chi connectivity index (χ3v) is 4.04. The number of ether oxygens (including phenoxy) is 1. The molecule has 2 heterocycles. The van der Waals surface area contributed by atoms with E-state index in [0.717, 1.165) is 13.0 Å². The first kappa shape index (κ1) is 16.8. The molecule has 1 aliphatic heterocycles. The zero-order valence-electron chi connectivity index (χ0n) is 13.3. The summed E-state index contributed by atoms with van der Waals surface area (Å²) in [5.74, 6) is -2.13. The lowest BCUT2D eigenvalue weighted by Crippen LogP contribution is -2.14. The predicted molar refractivity (Wildman–Crippen MR) is 82.5 cm³/mol. The van der Waals surface area contributed by atoms with E-state index in [2.05, 4.69) is 10.1 Å². The second kappa shape index (κ2) is 6.48. The molecule has 1 fully saturated rings. The Hall–Kier alpha value is -3.01. The van der Waals surface area contributed by atoms with E-state index in [-0.39, 0.29) is 22.9 Å². The molecular formula is C15H15N3O7. The van der Waals surface area contributed by atoms with E-state index < -0.39 is 27.9 Å². The molecule has 0 amide bonds. The lowest BCUT2D eigenvalue weighted by atomic mass is 9.99. The standard InChI is InChI=1S/C15H15N3O7/c1-7(19)11-9(6-10(20)13(21)12(11)18(22)23)14-16-15(25-17-14)8-2-4-24-5-3-8/h6,8,20-21H,2-5H2,1H3. The molecule has 0 atom stereocenters. The van der Waals surface area contributed by atoms with Crippen LogP contribution in [0, 0.1) is 10.1 Å². The summed E-state index contributed by atoms with van der Waals surface area (Å²) in [4.78, 5) is 26.5. The second-order valence-corrected chi connectivity index (χ2v) is 5.67. The van der Waals surface area contributed by atoms with Gasteiger partial charge in [0.1, 0.15) is 5.56 Å². The van der Waals surface area contributed by atoms with E-state index in [9.17, 15) is 25.1 Å². The average molecular weight is 349 g/mol. The first-order chi connectivity index (χ1) is 11.9. The van der Waals surface area contributed by atoms with Crippen molar-refractivity contribution in [1.82, 2.24) is 10.1 Å². The van der Waals surface area contributed by atoms with Gasteiger partial charge < -0.3 is 19.5 Å². The van der Waals surface area contributed by atoms with Crippen LogP contribution in [0.2, 0.25) is 0 Å². The van der Waals surface area contributed by atoms with Gasteiger partial charge in [-0.25, -0.2) is 0 Å². The Labute approximate surface area is 141 Å². The number of nitrogens with zero attached hydrogens (tertiary/aromatic N) is 3. The first-order valence-corrected chi connectivity index (χ1v) is 7.56. The van der Waals surface area contributed by atoms with Crippen LogP contribution in [0.3, 0.4) is 0 Å². The molecule has 1 aliphatic rings. The third-order valence-electron chi connectivity index (χ3n) is 4.04. The number of Topliss-reactive ketones (excluding diaryl/α,β-unsaturated/α-hetero) is 1. The Morgan fingerprint density at radius 3 is 2.64 bits per heavy atom. The number of nitro benzene ring substituents is 1. The number of phenolic OH excluding ortho intramolecular Hbond substituents is 2. The van der Waals surface area contributed by atoms with Crippen molar-refractivity contribution in [3.8, 4) is 22.9 Å². The van der Waals surface area contributed by atoms with Gasteiger partial charge in [0, 0.05) is 24.7 Å². The molecule has 0 bridgehead atoms. The minimum absolute atomic E-state index is 0.00326. The number of hydrogen-bond donors (Lipinski definition) is 2. The van der Waals surface area contributed by atoms with Crippen LogP contribution in [-0.4, -0.2) is 44.3 Å². The van der Waals surface area contributed by atoms with Gasteiger partial charge in [-0.2, -0.15) is 4.98 Å². The van der Waals surface area contributed by atoms with Gasteiger partial charge in [-0.3, -0.25) is 14.9 Å². The van der Waals surface area contributed by atoms with Crippen LogP contribution in [0.1, 0.15) is 41.9 Å².